The van der Waals surface area contributed by atoms with Crippen molar-refractivity contribution in [3.8, 4) is 0 Å². The molecule has 3 fully saturated rings. The molecule has 2 amide bonds. The van der Waals surface area contributed by atoms with Gasteiger partial charge < -0.3 is 15.0 Å². The van der Waals surface area contributed by atoms with Gasteiger partial charge in [-0.15, -0.1) is 0 Å². The number of hydrogen-bond acceptors (Lipinski definition) is 5. The lowest BCUT2D eigenvalue weighted by molar-refractivity contribution is -0.182. The molecular weight excluding hydrogens is 640 g/mol. The van der Waals surface area contributed by atoms with Crippen LogP contribution in [0.2, 0.25) is 10.0 Å². The van der Waals surface area contributed by atoms with E-state index in [1.54, 1.807) is 41.3 Å². The SMILES string of the molecule is CNC(=O)C[C@@H]1O[C@H](c2cccc(Cl)c2)[C@@H](c2ccc(Cl)cc2)N([C@H](CNS(=O)(=O)C2(c3ccccc3F)CC2)C2CC2)C1=O. The molecule has 1 aliphatic heterocycles. The second-order valence-corrected chi connectivity index (χ2v) is 14.9. The van der Waals surface area contributed by atoms with Gasteiger partial charge in [0, 0.05) is 35.2 Å². The Labute approximate surface area is 272 Å². The minimum Gasteiger partial charge on any atom is -0.359 e. The van der Waals surface area contributed by atoms with Gasteiger partial charge in [0.25, 0.3) is 5.91 Å². The zero-order chi connectivity index (χ0) is 31.9. The van der Waals surface area contributed by atoms with Crippen LogP contribution in [0, 0.1) is 11.7 Å². The van der Waals surface area contributed by atoms with Gasteiger partial charge in [0.15, 0.2) is 0 Å². The van der Waals surface area contributed by atoms with Crippen molar-refractivity contribution in [1.29, 1.82) is 0 Å². The number of carbonyl (C=O) groups excluding carboxylic acids is 2. The van der Waals surface area contributed by atoms with E-state index in [9.17, 15) is 22.4 Å². The average Bonchev–Trinajstić information content (AvgIpc) is 3.95. The van der Waals surface area contributed by atoms with E-state index in [0.29, 0.717) is 28.5 Å². The number of nitrogens with one attached hydrogen (secondary N) is 2. The summed E-state index contributed by atoms with van der Waals surface area (Å²) in [5.74, 6) is -1.34. The first kappa shape index (κ1) is 31.9. The fraction of sp³-hybridized carbons (Fsp3) is 0.394. The molecule has 3 aliphatic rings. The van der Waals surface area contributed by atoms with Crippen LogP contribution >= 0.6 is 23.2 Å². The average molecular weight is 675 g/mol. The standard InChI is InChI=1S/C33H34Cl2FN3O5S/c1-37-29(40)18-28-32(41)39(30(21-11-13-23(34)14-12-21)31(44-28)22-5-4-6-24(35)17-22)27(20-9-10-20)19-38-45(42,43)33(15-16-33)25-7-2-3-8-26(25)36/h2-8,11-14,17,20,27-28,30-31,38H,9-10,15-16,18-19H2,1H3,(H,37,40)/t27-,28+,30-,31-/m1/s1. The van der Waals surface area contributed by atoms with Crippen LogP contribution in [-0.4, -0.2) is 50.9 Å². The zero-order valence-electron chi connectivity index (χ0n) is 24.6. The summed E-state index contributed by atoms with van der Waals surface area (Å²) in [6, 6.07) is 18.9. The van der Waals surface area contributed by atoms with E-state index >= 15 is 0 Å². The van der Waals surface area contributed by atoms with E-state index in [1.165, 1.54) is 25.2 Å². The minimum atomic E-state index is -4.03. The van der Waals surface area contributed by atoms with Crippen LogP contribution in [0.25, 0.3) is 0 Å². The molecule has 1 heterocycles. The van der Waals surface area contributed by atoms with Crippen molar-refractivity contribution >= 4 is 45.0 Å². The van der Waals surface area contributed by atoms with Gasteiger partial charge in [0.2, 0.25) is 15.9 Å². The lowest BCUT2D eigenvalue weighted by atomic mass is 9.89. The van der Waals surface area contributed by atoms with Crippen LogP contribution in [0.1, 0.15) is 60.9 Å². The monoisotopic (exact) mass is 673 g/mol. The highest BCUT2D eigenvalue weighted by atomic mass is 35.5. The number of carbonyl (C=O) groups is 2. The highest BCUT2D eigenvalue weighted by Gasteiger charge is 2.58. The number of amides is 2. The minimum absolute atomic E-state index is 0.00817. The van der Waals surface area contributed by atoms with Gasteiger partial charge >= 0.3 is 0 Å². The maximum Gasteiger partial charge on any atom is 0.253 e. The molecule has 0 aromatic heterocycles. The molecule has 1 saturated heterocycles. The first-order valence-corrected chi connectivity index (χ1v) is 17.2. The quantitative estimate of drug-likeness (QED) is 0.273. The first-order valence-electron chi connectivity index (χ1n) is 15.0. The van der Waals surface area contributed by atoms with Crippen LogP contribution in [0.5, 0.6) is 0 Å². The normalized spacial score (nSPS) is 23.4. The number of hydrogen-bond donors (Lipinski definition) is 2. The van der Waals surface area contributed by atoms with Crippen molar-refractivity contribution in [2.75, 3.05) is 13.6 Å². The summed E-state index contributed by atoms with van der Waals surface area (Å²) in [5.41, 5.74) is 1.58. The topological polar surface area (TPSA) is 105 Å². The number of nitrogens with zero attached hydrogens (tertiary/aromatic N) is 1. The van der Waals surface area contributed by atoms with Gasteiger partial charge in [0.1, 0.15) is 22.8 Å². The lowest BCUT2D eigenvalue weighted by Gasteiger charge is -2.48. The van der Waals surface area contributed by atoms with Gasteiger partial charge in [-0.2, -0.15) is 0 Å². The molecule has 0 radical (unpaired) electrons. The fourth-order valence-electron chi connectivity index (χ4n) is 6.41. The Balaban J connectivity index is 1.40. The van der Waals surface area contributed by atoms with Crippen molar-refractivity contribution in [3.05, 3.63) is 105 Å². The van der Waals surface area contributed by atoms with Gasteiger partial charge in [-0.05, 0) is 73.1 Å². The maximum atomic E-state index is 14.8. The predicted molar refractivity (Wildman–Crippen MR) is 170 cm³/mol. The molecule has 2 saturated carbocycles. The number of morpholine rings is 1. The van der Waals surface area contributed by atoms with E-state index < -0.39 is 50.8 Å². The Bertz CT molecular complexity index is 1700. The molecule has 0 bridgehead atoms. The van der Waals surface area contributed by atoms with Gasteiger partial charge in [-0.3, -0.25) is 9.59 Å². The third kappa shape index (κ3) is 6.36. The number of ether oxygens (including phenoxy) is 1. The second kappa shape index (κ2) is 12.6. The molecule has 2 N–H and O–H groups in total. The maximum absolute atomic E-state index is 14.8. The molecule has 238 valence electrons. The molecule has 0 unspecified atom stereocenters. The third-order valence-corrected chi connectivity index (χ3v) is 11.7. The number of halogens is 3. The number of rotatable bonds is 11. The Hall–Kier alpha value is -3.02. The second-order valence-electron chi connectivity index (χ2n) is 12.0. The smallest absolute Gasteiger partial charge is 0.253 e. The van der Waals surface area contributed by atoms with Crippen molar-refractivity contribution in [2.24, 2.45) is 5.92 Å². The van der Waals surface area contributed by atoms with Crippen LogP contribution in [0.15, 0.2) is 72.8 Å². The summed E-state index contributed by atoms with van der Waals surface area (Å²) in [4.78, 5) is 28.6. The van der Waals surface area contributed by atoms with Crippen molar-refractivity contribution in [1.82, 2.24) is 14.9 Å². The van der Waals surface area contributed by atoms with Crippen LogP contribution < -0.4 is 10.0 Å². The van der Waals surface area contributed by atoms with Crippen molar-refractivity contribution in [3.63, 3.8) is 0 Å². The highest BCUT2D eigenvalue weighted by Crippen LogP contribution is 2.53. The molecule has 6 rings (SSSR count). The molecule has 3 aromatic rings. The Morgan fingerprint density at radius 2 is 1.73 bits per heavy atom. The highest BCUT2D eigenvalue weighted by molar-refractivity contribution is 7.90. The van der Waals surface area contributed by atoms with Crippen LogP contribution in [0.4, 0.5) is 4.39 Å². The Kier molecular flexibility index (Phi) is 8.97. The van der Waals surface area contributed by atoms with E-state index in [2.05, 4.69) is 10.0 Å². The molecule has 12 heteroatoms. The first-order chi connectivity index (χ1) is 21.5. The van der Waals surface area contributed by atoms with Gasteiger partial charge in [-0.1, -0.05) is 65.7 Å². The number of sulfonamides is 1. The zero-order valence-corrected chi connectivity index (χ0v) is 26.9. The third-order valence-electron chi connectivity index (χ3n) is 9.05. The van der Waals surface area contributed by atoms with Crippen molar-refractivity contribution < 1.29 is 27.1 Å². The Morgan fingerprint density at radius 1 is 1.02 bits per heavy atom. The summed E-state index contributed by atoms with van der Waals surface area (Å²) < 4.78 is 50.4. The molecule has 4 atom stereocenters. The predicted octanol–water partition coefficient (Wildman–Crippen LogP) is 5.67. The van der Waals surface area contributed by atoms with Crippen LogP contribution in [-0.2, 0) is 29.1 Å². The summed E-state index contributed by atoms with van der Waals surface area (Å²) in [5, 5.41) is 3.56. The summed E-state index contributed by atoms with van der Waals surface area (Å²) in [7, 11) is -2.55. The fourth-order valence-corrected chi connectivity index (χ4v) is 8.49. The van der Waals surface area contributed by atoms with Gasteiger partial charge in [0.05, 0.1) is 12.5 Å². The van der Waals surface area contributed by atoms with E-state index in [4.69, 9.17) is 27.9 Å². The molecule has 8 nitrogen and oxygen atoms in total. The number of benzene rings is 3. The molecule has 0 spiro atoms. The summed E-state index contributed by atoms with van der Waals surface area (Å²) in [6.45, 7) is -0.0754. The van der Waals surface area contributed by atoms with Crippen LogP contribution in [0.3, 0.4) is 0 Å². The Morgan fingerprint density at radius 3 is 2.36 bits per heavy atom. The summed E-state index contributed by atoms with van der Waals surface area (Å²) in [6.07, 6.45) is 0.121. The molecule has 45 heavy (non-hydrogen) atoms. The lowest BCUT2D eigenvalue weighted by Crippen LogP contribution is -2.58. The van der Waals surface area contributed by atoms with Crippen molar-refractivity contribution in [2.45, 2.75) is 61.1 Å². The van der Waals surface area contributed by atoms with E-state index in [1.807, 2.05) is 18.2 Å². The molecule has 3 aromatic carbocycles. The largest absolute Gasteiger partial charge is 0.359 e. The summed E-state index contributed by atoms with van der Waals surface area (Å²) >= 11 is 12.6. The molecular formula is C33H34Cl2FN3O5S. The van der Waals surface area contributed by atoms with E-state index in [-0.39, 0.29) is 30.4 Å². The van der Waals surface area contributed by atoms with E-state index in [0.717, 1.165) is 18.4 Å². The molecule has 2 aliphatic carbocycles. The van der Waals surface area contributed by atoms with Gasteiger partial charge in [-0.25, -0.2) is 17.5 Å².